The molecule has 1 fully saturated rings. The summed E-state index contributed by atoms with van der Waals surface area (Å²) < 4.78 is 96.4. The molecule has 1 saturated heterocycles. The lowest BCUT2D eigenvalue weighted by molar-refractivity contribution is -0.385. The number of pyridine rings is 2. The predicted molar refractivity (Wildman–Crippen MR) is 427 cm³/mol. The summed E-state index contributed by atoms with van der Waals surface area (Å²) in [6, 6.07) is 21.6. The van der Waals surface area contributed by atoms with Crippen molar-refractivity contribution in [3.63, 3.8) is 0 Å². The van der Waals surface area contributed by atoms with Crippen LogP contribution in [-0.4, -0.2) is 67.6 Å². The first kappa shape index (κ1) is 101. The minimum absolute atomic E-state index is 0.0231. The Hall–Kier alpha value is -10.2. The van der Waals surface area contributed by atoms with Crippen molar-refractivity contribution in [2.45, 2.75) is 244 Å². The molecule has 0 N–H and O–H groups in total. The number of nitro groups is 1. The van der Waals surface area contributed by atoms with E-state index in [2.05, 4.69) is 132 Å². The van der Waals surface area contributed by atoms with Gasteiger partial charge in [0.15, 0.2) is 53.5 Å². The number of nitrogens with zero attached hydrogens (tertiary/aromatic N) is 16. The number of hydrogen-bond acceptors (Lipinski definition) is 21. The van der Waals surface area contributed by atoms with Crippen molar-refractivity contribution in [3.05, 3.63) is 220 Å². The van der Waals surface area contributed by atoms with Gasteiger partial charge < -0.3 is 18.3 Å². The van der Waals surface area contributed by atoms with Crippen molar-refractivity contribution in [2.24, 2.45) is 11.8 Å². The second-order valence-corrected chi connectivity index (χ2v) is 34.8. The number of benzene rings is 3. The molecule has 0 aliphatic carbocycles. The fraction of sp³-hybridized carbons (Fsp3) is 0.494. The molecule has 6 aromatic heterocycles. The van der Waals surface area contributed by atoms with Crippen molar-refractivity contribution < 1.29 is 44.6 Å². The number of likely N-dealkylation sites (tertiary alicyclic amines) is 1. The number of oxazole rings is 1. The van der Waals surface area contributed by atoms with E-state index in [1.807, 2.05) is 131 Å². The van der Waals surface area contributed by atoms with E-state index in [-0.39, 0.29) is 90.9 Å². The van der Waals surface area contributed by atoms with Gasteiger partial charge in [-0.15, -0.1) is 5.10 Å². The number of aryl methyl sites for hydroxylation is 1. The number of halogens is 8. The average molecular weight is 1620 g/mol. The molecule has 21 nitrogen and oxygen atoms in total. The van der Waals surface area contributed by atoms with Crippen LogP contribution in [0.3, 0.4) is 0 Å². The van der Waals surface area contributed by atoms with Gasteiger partial charge in [-0.3, -0.25) is 15.1 Å². The third-order valence-corrected chi connectivity index (χ3v) is 16.9. The summed E-state index contributed by atoms with van der Waals surface area (Å²) >= 11 is 13.1. The highest BCUT2D eigenvalue weighted by Gasteiger charge is 2.27. The summed E-state index contributed by atoms with van der Waals surface area (Å²) in [5.41, 5.74) is 2.77. The smallest absolute Gasteiger partial charge is 0.329 e. The Kier molecular flexibility index (Phi) is 40.6. The van der Waals surface area contributed by atoms with E-state index in [1.165, 1.54) is 55.6 Å². The molecule has 1 atom stereocenters. The number of nitriles is 5. The highest BCUT2D eigenvalue weighted by Crippen LogP contribution is 2.31. The Bertz CT molecular complexity index is 4500. The lowest BCUT2D eigenvalue weighted by atomic mass is 9.88. The van der Waals surface area contributed by atoms with Crippen molar-refractivity contribution in [3.8, 4) is 30.5 Å². The maximum absolute atomic E-state index is 13.3. The predicted octanol–water partition coefficient (Wildman–Crippen LogP) is 23.0. The van der Waals surface area contributed by atoms with E-state index in [0.717, 1.165) is 58.2 Å². The van der Waals surface area contributed by atoms with Crippen LogP contribution in [0.15, 0.2) is 98.8 Å². The summed E-state index contributed by atoms with van der Waals surface area (Å²) in [7, 11) is 0. The molecule has 1 unspecified atom stereocenters. The van der Waals surface area contributed by atoms with Crippen LogP contribution in [0.4, 0.5) is 32.0 Å². The Balaban J connectivity index is 0.000000628. The quantitative estimate of drug-likeness (QED) is 0.0386. The molecular weight excluding hydrogens is 1520 g/mol. The van der Waals surface area contributed by atoms with E-state index >= 15 is 0 Å². The van der Waals surface area contributed by atoms with Crippen LogP contribution in [-0.2, 0) is 32.5 Å². The van der Waals surface area contributed by atoms with Crippen LogP contribution in [0.1, 0.15) is 284 Å². The molecule has 0 amide bonds. The second-order valence-electron chi connectivity index (χ2n) is 33.0. The molecule has 30 heteroatoms. The Labute approximate surface area is 676 Å². The maximum Gasteiger partial charge on any atom is 0.329 e. The van der Waals surface area contributed by atoms with Crippen LogP contribution in [0.5, 0.6) is 0 Å². The molecule has 113 heavy (non-hydrogen) atoms. The first-order valence-corrected chi connectivity index (χ1v) is 37.5. The van der Waals surface area contributed by atoms with Gasteiger partial charge in [-0.2, -0.15) is 35.7 Å². The van der Waals surface area contributed by atoms with Crippen LogP contribution in [0, 0.1) is 121 Å². The number of hydrogen-bond donors (Lipinski definition) is 0. The van der Waals surface area contributed by atoms with Gasteiger partial charge in [-0.25, -0.2) is 41.3 Å². The number of rotatable bonds is 5. The molecular formula is C83H106Cl2F6N16O5S. The van der Waals surface area contributed by atoms with E-state index in [0.29, 0.717) is 28.0 Å². The molecule has 3 aromatic carbocycles. The third kappa shape index (κ3) is 35.6. The standard InChI is InChI=1S/C10H10FN.2C9H12ClN.C9H8F4.C9H10FNO2.C8H10N2O.C8H14N2.2C7H9N3O.C7H12N2S/c1-7(2)9-5-3-4-8(6-12)10(9)11;1-9(2,3)7-6-11-5-4-8(7)10;1-9(2,3)7-4-5-8(10)11-6-7;1-4(2)7-8(12)5(10)3-6(11)9(7)13;1-6(2)8-5-7(11(12)13)3-4-9(8)10;1-8(2,3)6-5-10-7(4-9)11-6;1-7(2)8-3-4-10(5-8)6-9;1-7(2,3)6-10-9-5(4-8)11-6;1-7(2,3)6-9-5(4-8)11-10-6;1-5-8-6(9-10-5)7(2,3)4/h3-5,7H,1-2H3;2*4-6H,1-3H3;3-4H,1-2H3;3-6H,1-2H3;5H,1-3H3;7-8H,3-5H2,1-2H3;2*1-3H3;1-4H3. The Morgan fingerprint density at radius 1 is 0.584 bits per heavy atom. The molecule has 1 aliphatic heterocycles. The molecule has 0 radical (unpaired) electrons. The van der Waals surface area contributed by atoms with Gasteiger partial charge in [0.25, 0.3) is 5.69 Å². The molecule has 1 aliphatic rings. The van der Waals surface area contributed by atoms with Gasteiger partial charge in [0.05, 0.1) is 16.7 Å². The van der Waals surface area contributed by atoms with Crippen LogP contribution in [0.25, 0.3) is 0 Å². The zero-order valence-corrected chi connectivity index (χ0v) is 72.0. The van der Waals surface area contributed by atoms with Crippen molar-refractivity contribution >= 4 is 40.4 Å². The monoisotopic (exact) mass is 1620 g/mol. The molecule has 10 rings (SSSR count). The van der Waals surface area contributed by atoms with Gasteiger partial charge in [0, 0.05) is 82.1 Å². The summed E-state index contributed by atoms with van der Waals surface area (Å²) in [4.78, 5) is 31.7. The fourth-order valence-electron chi connectivity index (χ4n) is 8.86. The zero-order valence-electron chi connectivity index (χ0n) is 69.7. The van der Waals surface area contributed by atoms with Gasteiger partial charge >= 0.3 is 17.7 Å². The third-order valence-electron chi connectivity index (χ3n) is 15.7. The van der Waals surface area contributed by atoms with Crippen LogP contribution in [0.2, 0.25) is 10.2 Å². The lowest BCUT2D eigenvalue weighted by Gasteiger charge is -2.19. The minimum Gasteiger partial charge on any atom is -0.433 e. The average Bonchev–Trinajstić information content (AvgIpc) is 1.82. The molecule has 9 aromatic rings. The first-order valence-electron chi connectivity index (χ1n) is 36.0. The Morgan fingerprint density at radius 3 is 1.50 bits per heavy atom. The Morgan fingerprint density at radius 2 is 1.16 bits per heavy atom. The minimum atomic E-state index is -1.36. The SMILES string of the molecule is CC(C)(C)c1ccc(Cl)nc1.CC(C)(C)c1cnc(C#N)o1.CC(C)(C)c1cnccc1Cl.CC(C)(C)c1nnc(C#N)o1.CC(C)(C)c1noc(C#N)n1.CC(C)C1CCN(C#N)C1.CC(C)c1c(F)c(F)cc(F)c1F.CC(C)c1cc([N+](=O)[O-])ccc1F.CC(C)c1cccc(C#N)c1F.Cc1nc(C(C)(C)C)ns1. The van der Waals surface area contributed by atoms with E-state index in [9.17, 15) is 36.5 Å². The summed E-state index contributed by atoms with van der Waals surface area (Å²) in [5.74, 6) is -2.20. The largest absolute Gasteiger partial charge is 0.433 e. The van der Waals surface area contributed by atoms with E-state index < -0.39 is 39.7 Å². The summed E-state index contributed by atoms with van der Waals surface area (Å²) in [6.45, 7) is 55.6. The number of nitro benzene ring substituents is 1. The summed E-state index contributed by atoms with van der Waals surface area (Å²) in [6.07, 6.45) is 10.3. The van der Waals surface area contributed by atoms with Gasteiger partial charge in [-0.1, -0.05) is 232 Å². The molecule has 0 bridgehead atoms. The van der Waals surface area contributed by atoms with Gasteiger partial charge in [0.2, 0.25) is 5.89 Å². The number of aromatic nitrogens is 9. The van der Waals surface area contributed by atoms with Crippen LogP contribution >= 0.6 is 34.7 Å². The lowest BCUT2D eigenvalue weighted by Crippen LogP contribution is -2.15. The van der Waals surface area contributed by atoms with Gasteiger partial charge in [0.1, 0.15) is 39.4 Å². The maximum atomic E-state index is 13.3. The van der Waals surface area contributed by atoms with Crippen molar-refractivity contribution in [2.75, 3.05) is 13.1 Å². The number of non-ortho nitro benzene ring substituents is 1. The zero-order chi connectivity index (χ0) is 87.1. The molecule has 0 saturated carbocycles. The van der Waals surface area contributed by atoms with Crippen molar-refractivity contribution in [1.29, 1.82) is 26.3 Å². The highest BCUT2D eigenvalue weighted by atomic mass is 35.5. The van der Waals surface area contributed by atoms with Gasteiger partial charge in [-0.05, 0) is 112 Å². The molecule has 0 spiro atoms. The first-order chi connectivity index (χ1) is 52.0. The summed E-state index contributed by atoms with van der Waals surface area (Å²) in [5, 5.41) is 65.9. The molecule has 610 valence electrons. The second kappa shape index (κ2) is 45.5. The normalized spacial score (nSPS) is 12.3. The van der Waals surface area contributed by atoms with Crippen molar-refractivity contribution in [1.82, 2.24) is 49.5 Å². The van der Waals surface area contributed by atoms with Crippen LogP contribution < -0.4 is 0 Å². The van der Waals surface area contributed by atoms with E-state index in [4.69, 9.17) is 58.3 Å². The highest BCUT2D eigenvalue weighted by molar-refractivity contribution is 7.05. The molecule has 7 heterocycles. The topological polar surface area (TPSA) is 321 Å². The van der Waals surface area contributed by atoms with E-state index in [1.54, 1.807) is 50.5 Å². The fourth-order valence-corrected chi connectivity index (χ4v) is 10.0.